The van der Waals surface area contributed by atoms with Crippen molar-refractivity contribution in [2.45, 2.75) is 6.10 Å². The van der Waals surface area contributed by atoms with E-state index < -0.39 is 51.2 Å². The van der Waals surface area contributed by atoms with Crippen molar-refractivity contribution in [3.05, 3.63) is 70.5 Å². The zero-order chi connectivity index (χ0) is 17.4. The highest BCUT2D eigenvalue weighted by Crippen LogP contribution is 2.34. The Morgan fingerprint density at radius 1 is 0.826 bits per heavy atom. The van der Waals surface area contributed by atoms with Gasteiger partial charge in [0.15, 0.2) is 23.3 Å². The van der Waals surface area contributed by atoms with Gasteiger partial charge >= 0.3 is 10.4 Å². The summed E-state index contributed by atoms with van der Waals surface area (Å²) in [7, 11) is -5.26. The SMILES string of the molecule is O=S(=O)(O)OC(c1ccccc1)c1c(F)c(F)c(F)c(F)c1F. The molecule has 2 aromatic rings. The summed E-state index contributed by atoms with van der Waals surface area (Å²) in [5, 5.41) is 0. The maximum atomic E-state index is 13.8. The van der Waals surface area contributed by atoms with E-state index in [9.17, 15) is 30.4 Å². The molecule has 2 rings (SSSR count). The van der Waals surface area contributed by atoms with E-state index in [1.807, 2.05) is 0 Å². The zero-order valence-electron chi connectivity index (χ0n) is 10.9. The third-order valence-corrected chi connectivity index (χ3v) is 3.26. The van der Waals surface area contributed by atoms with E-state index in [1.54, 1.807) is 0 Å². The molecular formula is C13H7F5O4S. The molecule has 0 spiro atoms. The summed E-state index contributed by atoms with van der Waals surface area (Å²) in [6, 6.07) is 6.30. The van der Waals surface area contributed by atoms with Gasteiger partial charge in [-0.25, -0.2) is 26.1 Å². The van der Waals surface area contributed by atoms with Gasteiger partial charge in [-0.2, -0.15) is 8.42 Å². The predicted octanol–water partition coefficient (Wildman–Crippen LogP) is 3.29. The minimum absolute atomic E-state index is 0.256. The van der Waals surface area contributed by atoms with Crippen LogP contribution in [0.15, 0.2) is 30.3 Å². The maximum absolute atomic E-state index is 13.8. The van der Waals surface area contributed by atoms with Crippen LogP contribution in [0, 0.1) is 29.1 Å². The summed E-state index contributed by atoms with van der Waals surface area (Å²) in [6.07, 6.45) is -2.27. The van der Waals surface area contributed by atoms with Gasteiger partial charge in [0.25, 0.3) is 0 Å². The lowest BCUT2D eigenvalue weighted by Crippen LogP contribution is -2.18. The van der Waals surface area contributed by atoms with Crippen LogP contribution in [-0.2, 0) is 14.6 Å². The molecule has 0 aliphatic carbocycles. The molecule has 0 heterocycles. The number of rotatable bonds is 4. The second-order valence-corrected chi connectivity index (χ2v) is 5.35. The molecule has 1 unspecified atom stereocenters. The van der Waals surface area contributed by atoms with Gasteiger partial charge in [0, 0.05) is 0 Å². The van der Waals surface area contributed by atoms with Crippen molar-refractivity contribution >= 4 is 10.4 Å². The molecular weight excluding hydrogens is 347 g/mol. The number of hydrogen-bond acceptors (Lipinski definition) is 3. The molecule has 124 valence electrons. The second kappa shape index (κ2) is 6.22. The first-order valence-electron chi connectivity index (χ1n) is 5.85. The highest BCUT2D eigenvalue weighted by Gasteiger charge is 2.34. The van der Waals surface area contributed by atoms with Crippen LogP contribution in [0.25, 0.3) is 0 Å². The van der Waals surface area contributed by atoms with Crippen LogP contribution in [0.4, 0.5) is 22.0 Å². The largest absolute Gasteiger partial charge is 0.398 e. The number of hydrogen-bond donors (Lipinski definition) is 1. The molecule has 0 bridgehead atoms. The van der Waals surface area contributed by atoms with Crippen LogP contribution in [-0.4, -0.2) is 13.0 Å². The van der Waals surface area contributed by atoms with Crippen molar-refractivity contribution in [1.29, 1.82) is 0 Å². The van der Waals surface area contributed by atoms with Crippen molar-refractivity contribution in [1.82, 2.24) is 0 Å². The van der Waals surface area contributed by atoms with Crippen molar-refractivity contribution < 1.29 is 39.1 Å². The van der Waals surface area contributed by atoms with Gasteiger partial charge in [0.05, 0.1) is 5.56 Å². The average molecular weight is 354 g/mol. The highest BCUT2D eigenvalue weighted by molar-refractivity contribution is 7.80. The Balaban J connectivity index is 2.75. The van der Waals surface area contributed by atoms with Crippen molar-refractivity contribution in [2.24, 2.45) is 0 Å². The third kappa shape index (κ3) is 3.49. The number of halogens is 5. The lowest BCUT2D eigenvalue weighted by molar-refractivity contribution is 0.203. The van der Waals surface area contributed by atoms with E-state index in [0.29, 0.717) is 0 Å². The molecule has 4 nitrogen and oxygen atoms in total. The van der Waals surface area contributed by atoms with E-state index in [1.165, 1.54) is 18.2 Å². The first-order valence-corrected chi connectivity index (χ1v) is 7.22. The molecule has 0 aliphatic rings. The fraction of sp³-hybridized carbons (Fsp3) is 0.0769. The molecule has 0 aliphatic heterocycles. The van der Waals surface area contributed by atoms with Gasteiger partial charge in [-0.15, -0.1) is 0 Å². The molecule has 0 fully saturated rings. The van der Waals surface area contributed by atoms with Crippen LogP contribution < -0.4 is 0 Å². The Morgan fingerprint density at radius 3 is 1.70 bits per heavy atom. The minimum atomic E-state index is -5.26. The number of benzene rings is 2. The van der Waals surface area contributed by atoms with E-state index >= 15 is 0 Å². The van der Waals surface area contributed by atoms with Crippen molar-refractivity contribution in [2.75, 3.05) is 0 Å². The molecule has 0 radical (unpaired) electrons. The monoisotopic (exact) mass is 354 g/mol. The molecule has 23 heavy (non-hydrogen) atoms. The minimum Gasteiger partial charge on any atom is -0.264 e. The Morgan fingerprint density at radius 2 is 1.26 bits per heavy atom. The maximum Gasteiger partial charge on any atom is 0.398 e. The fourth-order valence-electron chi connectivity index (χ4n) is 1.87. The molecule has 0 aromatic heterocycles. The smallest absolute Gasteiger partial charge is 0.264 e. The first-order chi connectivity index (χ1) is 10.6. The first kappa shape index (κ1) is 17.3. The molecule has 1 N–H and O–H groups in total. The van der Waals surface area contributed by atoms with E-state index in [-0.39, 0.29) is 5.56 Å². The summed E-state index contributed by atoms with van der Waals surface area (Å²) in [6.45, 7) is 0. The quantitative estimate of drug-likeness (QED) is 0.396. The molecule has 0 saturated carbocycles. The third-order valence-electron chi connectivity index (χ3n) is 2.83. The topological polar surface area (TPSA) is 63.6 Å². The van der Waals surface area contributed by atoms with Crippen LogP contribution in [0.1, 0.15) is 17.2 Å². The Bertz CT molecular complexity index is 810. The van der Waals surface area contributed by atoms with Gasteiger partial charge in [-0.1, -0.05) is 30.3 Å². The van der Waals surface area contributed by atoms with Crippen LogP contribution in [0.3, 0.4) is 0 Å². The lowest BCUT2D eigenvalue weighted by atomic mass is 10.00. The molecule has 10 heteroatoms. The standard InChI is InChI=1S/C13H7F5O4S/c14-8-7(9(15)11(17)12(18)10(8)16)13(22-23(19,20)21)6-4-2-1-3-5-6/h1-5,13H,(H,19,20,21). The van der Waals surface area contributed by atoms with Gasteiger partial charge in [0.1, 0.15) is 6.10 Å². The van der Waals surface area contributed by atoms with Gasteiger partial charge in [0.2, 0.25) is 5.82 Å². The van der Waals surface area contributed by atoms with Gasteiger partial charge in [-0.05, 0) is 5.56 Å². The fourth-order valence-corrected chi connectivity index (χ4v) is 2.32. The average Bonchev–Trinajstić information content (AvgIpc) is 2.50. The molecule has 0 amide bonds. The normalized spacial score (nSPS) is 13.1. The summed E-state index contributed by atoms with van der Waals surface area (Å²) in [4.78, 5) is 0. The predicted molar refractivity (Wildman–Crippen MR) is 67.2 cm³/mol. The Labute approximate surface area is 127 Å². The molecule has 0 saturated heterocycles. The Hall–Kier alpha value is -2.04. The molecule has 1 atom stereocenters. The lowest BCUT2D eigenvalue weighted by Gasteiger charge is -2.18. The van der Waals surface area contributed by atoms with E-state index in [0.717, 1.165) is 12.1 Å². The van der Waals surface area contributed by atoms with Gasteiger partial charge < -0.3 is 0 Å². The highest BCUT2D eigenvalue weighted by atomic mass is 32.3. The zero-order valence-corrected chi connectivity index (χ0v) is 11.8. The summed E-state index contributed by atoms with van der Waals surface area (Å²) >= 11 is 0. The van der Waals surface area contributed by atoms with Gasteiger partial charge in [-0.3, -0.25) is 4.55 Å². The van der Waals surface area contributed by atoms with Crippen LogP contribution in [0.5, 0.6) is 0 Å². The van der Waals surface area contributed by atoms with Crippen molar-refractivity contribution in [3.63, 3.8) is 0 Å². The van der Waals surface area contributed by atoms with E-state index in [4.69, 9.17) is 4.55 Å². The second-order valence-electron chi connectivity index (χ2n) is 4.30. The van der Waals surface area contributed by atoms with Crippen molar-refractivity contribution in [3.8, 4) is 0 Å². The Kier molecular flexibility index (Phi) is 4.68. The summed E-state index contributed by atoms with van der Waals surface area (Å²) in [5.74, 6) is -11.5. The van der Waals surface area contributed by atoms with Crippen LogP contribution in [0.2, 0.25) is 0 Å². The van der Waals surface area contributed by atoms with Crippen LogP contribution >= 0.6 is 0 Å². The summed E-state index contributed by atoms with van der Waals surface area (Å²) in [5.41, 5.74) is -1.79. The molecule has 2 aromatic carbocycles. The van der Waals surface area contributed by atoms with E-state index in [2.05, 4.69) is 4.18 Å². The summed E-state index contributed by atoms with van der Waals surface area (Å²) < 4.78 is 102.